The standard InChI is InChI=1S/C18H20ClNO3/c1-8(2)18-14-12-7-11(15(21)16(12)23-18)13(14)17(22)20(18)10-5-3-9(19)4-6-10/h3-6,8,11-16,21H,7H2,1-2H3/t11-,12-,13+,14-,15+,16-,18-/m0/s1. The summed E-state index contributed by atoms with van der Waals surface area (Å²) in [5.74, 6) is 0.726. The van der Waals surface area contributed by atoms with E-state index in [1.54, 1.807) is 0 Å². The summed E-state index contributed by atoms with van der Waals surface area (Å²) in [6.45, 7) is 4.23. The molecule has 0 aromatic heterocycles. The van der Waals surface area contributed by atoms with Gasteiger partial charge in [0.2, 0.25) is 5.91 Å². The maximum absolute atomic E-state index is 13.3. The van der Waals surface area contributed by atoms with E-state index in [1.165, 1.54) is 0 Å². The van der Waals surface area contributed by atoms with Crippen LogP contribution in [-0.4, -0.2) is 28.9 Å². The topological polar surface area (TPSA) is 49.8 Å². The van der Waals surface area contributed by atoms with E-state index in [0.29, 0.717) is 10.9 Å². The lowest BCUT2D eigenvalue weighted by molar-refractivity contribution is -0.136. The molecule has 0 spiro atoms. The van der Waals surface area contributed by atoms with E-state index in [4.69, 9.17) is 16.3 Å². The summed E-state index contributed by atoms with van der Waals surface area (Å²) in [4.78, 5) is 15.1. The third kappa shape index (κ3) is 1.44. The van der Waals surface area contributed by atoms with Crippen molar-refractivity contribution in [3.63, 3.8) is 0 Å². The van der Waals surface area contributed by atoms with Gasteiger partial charge in [-0.3, -0.25) is 9.69 Å². The number of aliphatic hydroxyl groups is 1. The molecule has 4 aliphatic rings. The van der Waals surface area contributed by atoms with Gasteiger partial charge in [-0.05, 0) is 42.5 Å². The summed E-state index contributed by atoms with van der Waals surface area (Å²) in [7, 11) is 0. The van der Waals surface area contributed by atoms with Gasteiger partial charge in [0.25, 0.3) is 0 Å². The predicted octanol–water partition coefficient (Wildman–Crippen LogP) is 2.68. The van der Waals surface area contributed by atoms with Crippen molar-refractivity contribution in [3.05, 3.63) is 29.3 Å². The predicted molar refractivity (Wildman–Crippen MR) is 86.0 cm³/mol. The molecule has 4 fully saturated rings. The lowest BCUT2D eigenvalue weighted by Gasteiger charge is -2.42. The molecule has 4 nitrogen and oxygen atoms in total. The van der Waals surface area contributed by atoms with Gasteiger partial charge < -0.3 is 9.84 Å². The van der Waals surface area contributed by atoms with Gasteiger partial charge in [-0.25, -0.2) is 0 Å². The van der Waals surface area contributed by atoms with Crippen molar-refractivity contribution in [3.8, 4) is 0 Å². The number of carbonyl (C=O) groups excluding carboxylic acids is 1. The average Bonchev–Trinajstić information content (AvgIpc) is 3.17. The second-order valence-corrected chi connectivity index (χ2v) is 8.18. The molecule has 1 amide bonds. The zero-order valence-corrected chi connectivity index (χ0v) is 13.9. The second kappa shape index (κ2) is 4.29. The summed E-state index contributed by atoms with van der Waals surface area (Å²) in [6.07, 6.45) is 0.320. The van der Waals surface area contributed by atoms with Crippen molar-refractivity contribution in [2.45, 2.75) is 38.2 Å². The second-order valence-electron chi connectivity index (χ2n) is 7.74. The van der Waals surface area contributed by atoms with Crippen LogP contribution in [0.2, 0.25) is 5.02 Å². The lowest BCUT2D eigenvalue weighted by Crippen LogP contribution is -2.54. The van der Waals surface area contributed by atoms with Gasteiger partial charge in [-0.1, -0.05) is 25.4 Å². The highest BCUT2D eigenvalue weighted by atomic mass is 35.5. The molecule has 5 heteroatoms. The van der Waals surface area contributed by atoms with Gasteiger partial charge >= 0.3 is 0 Å². The lowest BCUT2D eigenvalue weighted by atomic mass is 9.74. The summed E-state index contributed by atoms with van der Waals surface area (Å²) < 4.78 is 6.48. The number of hydrogen-bond donors (Lipinski definition) is 1. The smallest absolute Gasteiger partial charge is 0.233 e. The molecule has 2 bridgehead atoms. The van der Waals surface area contributed by atoms with Gasteiger partial charge in [0.05, 0.1) is 18.1 Å². The van der Waals surface area contributed by atoms with Gasteiger partial charge in [-0.2, -0.15) is 0 Å². The molecule has 2 saturated carbocycles. The molecule has 2 aliphatic heterocycles. The Hall–Kier alpha value is -1.10. The van der Waals surface area contributed by atoms with E-state index >= 15 is 0 Å². The molecule has 1 aromatic carbocycles. The van der Waals surface area contributed by atoms with Crippen molar-refractivity contribution in [2.24, 2.45) is 29.6 Å². The summed E-state index contributed by atoms with van der Waals surface area (Å²) in [6, 6.07) is 7.41. The maximum Gasteiger partial charge on any atom is 0.233 e. The number of benzene rings is 1. The maximum atomic E-state index is 13.3. The Balaban J connectivity index is 1.69. The molecule has 5 rings (SSSR count). The third-order valence-corrected chi connectivity index (χ3v) is 6.87. The van der Waals surface area contributed by atoms with Crippen LogP contribution in [0.4, 0.5) is 5.69 Å². The Morgan fingerprint density at radius 2 is 2.00 bits per heavy atom. The number of halogens is 1. The Morgan fingerprint density at radius 3 is 2.65 bits per heavy atom. The normalized spacial score (nSPS) is 46.5. The number of nitrogens with zero attached hydrogens (tertiary/aromatic N) is 1. The molecular weight excluding hydrogens is 314 g/mol. The number of hydrogen-bond acceptors (Lipinski definition) is 3. The van der Waals surface area contributed by atoms with E-state index in [0.717, 1.165) is 12.1 Å². The molecule has 2 saturated heterocycles. The van der Waals surface area contributed by atoms with Crippen LogP contribution >= 0.6 is 11.6 Å². The molecule has 1 N–H and O–H groups in total. The highest BCUT2D eigenvalue weighted by molar-refractivity contribution is 6.30. The van der Waals surface area contributed by atoms with E-state index in [2.05, 4.69) is 13.8 Å². The van der Waals surface area contributed by atoms with E-state index < -0.39 is 11.8 Å². The molecule has 0 radical (unpaired) electrons. The molecule has 2 aliphatic carbocycles. The first kappa shape index (κ1) is 14.3. The summed E-state index contributed by atoms with van der Waals surface area (Å²) in [5.41, 5.74) is 0.217. The third-order valence-electron chi connectivity index (χ3n) is 6.62. The summed E-state index contributed by atoms with van der Waals surface area (Å²) in [5, 5.41) is 11.2. The van der Waals surface area contributed by atoms with Crippen LogP contribution in [0.3, 0.4) is 0 Å². The van der Waals surface area contributed by atoms with E-state index in [9.17, 15) is 9.90 Å². The average molecular weight is 334 g/mol. The van der Waals surface area contributed by atoms with Crippen molar-refractivity contribution in [1.82, 2.24) is 0 Å². The zero-order valence-electron chi connectivity index (χ0n) is 13.1. The minimum absolute atomic E-state index is 0.0559. The molecule has 1 aromatic rings. The largest absolute Gasteiger partial charge is 0.390 e. The number of anilines is 1. The first-order valence-corrected chi connectivity index (χ1v) is 8.80. The van der Waals surface area contributed by atoms with Crippen molar-refractivity contribution in [1.29, 1.82) is 0 Å². The monoisotopic (exact) mass is 333 g/mol. The number of amides is 1. The minimum atomic E-state index is -0.628. The first-order valence-electron chi connectivity index (χ1n) is 8.42. The fraction of sp³-hybridized carbons (Fsp3) is 0.611. The van der Waals surface area contributed by atoms with Crippen LogP contribution in [0, 0.1) is 29.6 Å². The molecule has 23 heavy (non-hydrogen) atoms. The van der Waals surface area contributed by atoms with Crippen LogP contribution in [0.5, 0.6) is 0 Å². The zero-order chi connectivity index (χ0) is 16.1. The quantitative estimate of drug-likeness (QED) is 0.905. The Kier molecular flexibility index (Phi) is 2.66. The first-order chi connectivity index (χ1) is 11.0. The van der Waals surface area contributed by atoms with E-state index in [1.807, 2.05) is 29.2 Å². The van der Waals surface area contributed by atoms with Gasteiger partial charge in [0, 0.05) is 22.5 Å². The number of carbonyl (C=O) groups is 1. The van der Waals surface area contributed by atoms with Gasteiger partial charge in [0.15, 0.2) is 5.72 Å². The van der Waals surface area contributed by atoms with Crippen molar-refractivity contribution in [2.75, 3.05) is 4.90 Å². The van der Waals surface area contributed by atoms with Crippen LogP contribution in [-0.2, 0) is 9.53 Å². The molecule has 2 heterocycles. The Morgan fingerprint density at radius 1 is 1.30 bits per heavy atom. The molecule has 122 valence electrons. The molecule has 7 atom stereocenters. The van der Waals surface area contributed by atoms with Crippen LogP contribution in [0.25, 0.3) is 0 Å². The van der Waals surface area contributed by atoms with Crippen molar-refractivity contribution < 1.29 is 14.6 Å². The summed E-state index contributed by atoms with van der Waals surface area (Å²) >= 11 is 6.01. The Bertz CT molecular complexity index is 690. The minimum Gasteiger partial charge on any atom is -0.390 e. The SMILES string of the molecule is CC(C)[C@]12O[C@@H]3[C@H](O)[C@H]4C[C@H]3[C@H]1[C@@H]4C(=O)N2c1ccc(Cl)cc1. The van der Waals surface area contributed by atoms with Crippen LogP contribution < -0.4 is 4.90 Å². The number of ether oxygens (including phenoxy) is 1. The fourth-order valence-electron chi connectivity index (χ4n) is 5.90. The number of fused-ring (bicyclic) bond motifs is 2. The number of aliphatic hydroxyl groups excluding tert-OH is 1. The van der Waals surface area contributed by atoms with Gasteiger partial charge in [-0.15, -0.1) is 0 Å². The number of rotatable bonds is 2. The van der Waals surface area contributed by atoms with Crippen LogP contribution in [0.1, 0.15) is 20.3 Å². The fourth-order valence-corrected chi connectivity index (χ4v) is 6.03. The van der Waals surface area contributed by atoms with Crippen molar-refractivity contribution >= 4 is 23.2 Å². The highest BCUT2D eigenvalue weighted by Crippen LogP contribution is 2.69. The highest BCUT2D eigenvalue weighted by Gasteiger charge is 2.79. The molecular formula is C18H20ClNO3. The van der Waals surface area contributed by atoms with Gasteiger partial charge in [0.1, 0.15) is 0 Å². The molecule has 0 unspecified atom stereocenters. The Labute approximate surface area is 140 Å². The van der Waals surface area contributed by atoms with E-state index in [-0.39, 0.29) is 35.7 Å². The van der Waals surface area contributed by atoms with Crippen LogP contribution in [0.15, 0.2) is 24.3 Å².